The molecule has 34 heavy (non-hydrogen) atoms. The van der Waals surface area contributed by atoms with Gasteiger partial charge in [0.15, 0.2) is 0 Å². The number of hydrogen-bond donors (Lipinski definition) is 2. The number of carbonyl (C=O) groups is 1. The van der Waals surface area contributed by atoms with Gasteiger partial charge in [-0.15, -0.1) is 0 Å². The minimum absolute atomic E-state index is 0.155. The highest BCUT2D eigenvalue weighted by atomic mass is 16.5. The monoisotopic (exact) mass is 454 g/mol. The van der Waals surface area contributed by atoms with Crippen LogP contribution in [0.2, 0.25) is 0 Å². The summed E-state index contributed by atoms with van der Waals surface area (Å²) in [4.78, 5) is 12.8. The molecule has 1 aliphatic rings. The number of amides is 2. The largest absolute Gasteiger partial charge is 0.457 e. The van der Waals surface area contributed by atoms with E-state index in [2.05, 4.69) is 17.6 Å². The highest BCUT2D eigenvalue weighted by molar-refractivity contribution is 5.99. The van der Waals surface area contributed by atoms with Crippen molar-refractivity contribution < 1.29 is 14.3 Å². The molecule has 4 aromatic rings. The highest BCUT2D eigenvalue weighted by Crippen LogP contribution is 2.33. The molecule has 2 N–H and O–H groups in total. The Kier molecular flexibility index (Phi) is 5.77. The Morgan fingerprint density at radius 1 is 0.941 bits per heavy atom. The standard InChI is InChI=1S/C27H26N4O3/c1-19-8-12-21(13-9-19)31-25(16-24(30-31)27(2)17-33-18-27)29-26(32)28-20-10-14-23(15-11-20)34-22-6-4-3-5-7-22/h3-16H,17-18H2,1-2H3,(H2,28,29,32). The fourth-order valence-corrected chi connectivity index (χ4v) is 3.71. The van der Waals surface area contributed by atoms with Gasteiger partial charge in [0.25, 0.3) is 0 Å². The predicted octanol–water partition coefficient (Wildman–Crippen LogP) is 5.90. The number of nitrogens with one attached hydrogen (secondary N) is 2. The van der Waals surface area contributed by atoms with Gasteiger partial charge >= 0.3 is 6.03 Å². The molecule has 0 radical (unpaired) electrons. The third-order valence-electron chi connectivity index (χ3n) is 5.78. The van der Waals surface area contributed by atoms with Crippen LogP contribution in [0.3, 0.4) is 0 Å². The van der Waals surface area contributed by atoms with Crippen molar-refractivity contribution in [2.75, 3.05) is 23.8 Å². The third-order valence-corrected chi connectivity index (χ3v) is 5.78. The second-order valence-corrected chi connectivity index (χ2v) is 8.73. The molecule has 2 amide bonds. The first-order valence-corrected chi connectivity index (χ1v) is 11.1. The minimum atomic E-state index is -0.355. The molecular weight excluding hydrogens is 428 g/mol. The smallest absolute Gasteiger partial charge is 0.324 e. The van der Waals surface area contributed by atoms with E-state index in [1.54, 1.807) is 16.8 Å². The molecular formula is C27H26N4O3. The zero-order chi connectivity index (χ0) is 23.5. The Morgan fingerprint density at radius 2 is 1.62 bits per heavy atom. The van der Waals surface area contributed by atoms with Gasteiger partial charge in [0, 0.05) is 11.8 Å². The van der Waals surface area contributed by atoms with E-state index in [9.17, 15) is 4.79 Å². The lowest BCUT2D eigenvalue weighted by Gasteiger charge is -2.36. The summed E-state index contributed by atoms with van der Waals surface area (Å²) in [5, 5.41) is 10.6. The van der Waals surface area contributed by atoms with Crippen LogP contribution in [0, 0.1) is 6.92 Å². The van der Waals surface area contributed by atoms with Gasteiger partial charge in [0.1, 0.15) is 17.3 Å². The SMILES string of the molecule is Cc1ccc(-n2nc(C3(C)COC3)cc2NC(=O)Nc2ccc(Oc3ccccc3)cc2)cc1. The van der Waals surface area contributed by atoms with Crippen molar-refractivity contribution in [1.82, 2.24) is 9.78 Å². The summed E-state index contributed by atoms with van der Waals surface area (Å²) in [5.74, 6) is 2.04. The Hall–Kier alpha value is -4.10. The van der Waals surface area contributed by atoms with Crippen molar-refractivity contribution in [3.8, 4) is 17.2 Å². The average Bonchev–Trinajstić information content (AvgIpc) is 3.24. The summed E-state index contributed by atoms with van der Waals surface area (Å²) in [5.41, 5.74) is 3.41. The first-order valence-electron chi connectivity index (χ1n) is 11.1. The molecule has 172 valence electrons. The van der Waals surface area contributed by atoms with E-state index in [1.807, 2.05) is 79.7 Å². The quantitative estimate of drug-likeness (QED) is 0.380. The van der Waals surface area contributed by atoms with Gasteiger partial charge in [-0.3, -0.25) is 5.32 Å². The number of aromatic nitrogens is 2. The minimum Gasteiger partial charge on any atom is -0.457 e. The van der Waals surface area contributed by atoms with Gasteiger partial charge in [-0.2, -0.15) is 5.10 Å². The zero-order valence-corrected chi connectivity index (χ0v) is 19.1. The van der Waals surface area contributed by atoms with Crippen molar-refractivity contribution in [2.45, 2.75) is 19.3 Å². The lowest BCUT2D eigenvalue weighted by atomic mass is 9.85. The summed E-state index contributed by atoms with van der Waals surface area (Å²) in [6.45, 7) is 5.37. The van der Waals surface area contributed by atoms with E-state index < -0.39 is 0 Å². The van der Waals surface area contributed by atoms with E-state index in [-0.39, 0.29) is 11.4 Å². The van der Waals surface area contributed by atoms with Crippen LogP contribution in [0.15, 0.2) is 84.9 Å². The third kappa shape index (κ3) is 4.65. The van der Waals surface area contributed by atoms with Crippen LogP contribution in [0.4, 0.5) is 16.3 Å². The van der Waals surface area contributed by atoms with Gasteiger partial charge in [0.2, 0.25) is 0 Å². The normalized spacial score (nSPS) is 14.2. The number of benzene rings is 3. The van der Waals surface area contributed by atoms with Crippen LogP contribution in [0.1, 0.15) is 18.2 Å². The second-order valence-electron chi connectivity index (χ2n) is 8.73. The Labute approximate surface area is 198 Å². The van der Waals surface area contributed by atoms with Crippen LogP contribution in [-0.4, -0.2) is 29.0 Å². The molecule has 5 rings (SSSR count). The lowest BCUT2D eigenvalue weighted by Crippen LogP contribution is -2.44. The summed E-state index contributed by atoms with van der Waals surface area (Å²) in [6.07, 6.45) is 0. The maximum absolute atomic E-state index is 12.8. The van der Waals surface area contributed by atoms with Gasteiger partial charge in [0.05, 0.1) is 30.0 Å². The first kappa shape index (κ1) is 21.7. The van der Waals surface area contributed by atoms with Crippen LogP contribution in [0.25, 0.3) is 5.69 Å². The fraction of sp³-hybridized carbons (Fsp3) is 0.185. The van der Waals surface area contributed by atoms with Crippen LogP contribution >= 0.6 is 0 Å². The molecule has 1 aromatic heterocycles. The molecule has 3 aromatic carbocycles. The number of para-hydroxylation sites is 1. The molecule has 0 unspecified atom stereocenters. The maximum Gasteiger partial charge on any atom is 0.324 e. The van der Waals surface area contributed by atoms with E-state index >= 15 is 0 Å². The fourth-order valence-electron chi connectivity index (χ4n) is 3.71. The van der Waals surface area contributed by atoms with Crippen molar-refractivity contribution in [3.63, 3.8) is 0 Å². The summed E-state index contributed by atoms with van der Waals surface area (Å²) in [7, 11) is 0. The number of nitrogens with zero attached hydrogens (tertiary/aromatic N) is 2. The Morgan fingerprint density at radius 3 is 2.26 bits per heavy atom. The van der Waals surface area contributed by atoms with Crippen LogP contribution in [-0.2, 0) is 10.2 Å². The van der Waals surface area contributed by atoms with Gasteiger partial charge in [-0.05, 0) is 62.4 Å². The topological polar surface area (TPSA) is 77.4 Å². The summed E-state index contributed by atoms with van der Waals surface area (Å²) < 4.78 is 13.0. The molecule has 0 saturated carbocycles. The second kappa shape index (κ2) is 9.03. The number of hydrogen-bond acceptors (Lipinski definition) is 4. The lowest BCUT2D eigenvalue weighted by molar-refractivity contribution is -0.0522. The molecule has 1 aliphatic heterocycles. The molecule has 2 heterocycles. The molecule has 0 aliphatic carbocycles. The highest BCUT2D eigenvalue weighted by Gasteiger charge is 2.38. The van der Waals surface area contributed by atoms with E-state index in [0.717, 1.165) is 22.7 Å². The molecule has 0 spiro atoms. The van der Waals surface area contributed by atoms with Gasteiger partial charge in [-0.1, -0.05) is 35.9 Å². The van der Waals surface area contributed by atoms with Gasteiger partial charge in [-0.25, -0.2) is 9.48 Å². The molecule has 7 heteroatoms. The maximum atomic E-state index is 12.8. The number of carbonyl (C=O) groups excluding carboxylic acids is 1. The van der Waals surface area contributed by atoms with Gasteiger partial charge < -0.3 is 14.8 Å². The van der Waals surface area contributed by atoms with Crippen LogP contribution in [0.5, 0.6) is 11.5 Å². The van der Waals surface area contributed by atoms with Crippen molar-refractivity contribution in [3.05, 3.63) is 96.2 Å². The molecule has 0 atom stereocenters. The summed E-state index contributed by atoms with van der Waals surface area (Å²) >= 11 is 0. The number of urea groups is 1. The summed E-state index contributed by atoms with van der Waals surface area (Å²) in [6, 6.07) is 26.4. The van der Waals surface area contributed by atoms with Crippen molar-refractivity contribution >= 4 is 17.5 Å². The van der Waals surface area contributed by atoms with Crippen LogP contribution < -0.4 is 15.4 Å². The average molecular weight is 455 g/mol. The number of aryl methyl sites for hydroxylation is 1. The van der Waals surface area contributed by atoms with Crippen molar-refractivity contribution in [1.29, 1.82) is 0 Å². The number of anilines is 2. The number of ether oxygens (including phenoxy) is 2. The van der Waals surface area contributed by atoms with Crippen molar-refractivity contribution in [2.24, 2.45) is 0 Å². The Bertz CT molecular complexity index is 1280. The Balaban J connectivity index is 1.31. The zero-order valence-electron chi connectivity index (χ0n) is 19.1. The predicted molar refractivity (Wildman–Crippen MR) is 132 cm³/mol. The van der Waals surface area contributed by atoms with E-state index in [0.29, 0.717) is 30.5 Å². The van der Waals surface area contributed by atoms with E-state index in [1.165, 1.54) is 0 Å². The van der Waals surface area contributed by atoms with E-state index in [4.69, 9.17) is 14.6 Å². The molecule has 7 nitrogen and oxygen atoms in total. The molecule has 1 saturated heterocycles. The molecule has 1 fully saturated rings. The first-order chi connectivity index (χ1) is 16.5. The molecule has 0 bridgehead atoms. The number of rotatable bonds is 6.